The summed E-state index contributed by atoms with van der Waals surface area (Å²) in [6.45, 7) is 4.38. The first-order valence-electron chi connectivity index (χ1n) is 10.6. The number of hydrogen-bond acceptors (Lipinski definition) is 6. The summed E-state index contributed by atoms with van der Waals surface area (Å²) in [7, 11) is 0. The summed E-state index contributed by atoms with van der Waals surface area (Å²) in [4.78, 5) is 22.3. The second-order valence-electron chi connectivity index (χ2n) is 7.19. The van der Waals surface area contributed by atoms with Crippen LogP contribution < -0.4 is 0 Å². The van der Waals surface area contributed by atoms with Gasteiger partial charge in [0.2, 0.25) is 0 Å². The fraction of sp³-hybridized carbons (Fsp3) is 0.320. The van der Waals surface area contributed by atoms with Gasteiger partial charge >= 0.3 is 5.97 Å². The van der Waals surface area contributed by atoms with E-state index in [4.69, 9.17) is 4.74 Å². The van der Waals surface area contributed by atoms with E-state index >= 15 is 0 Å². The number of thioether (sulfide) groups is 2. The van der Waals surface area contributed by atoms with Gasteiger partial charge in [-0.2, -0.15) is 0 Å². The summed E-state index contributed by atoms with van der Waals surface area (Å²) in [5, 5.41) is 0.553. The second kappa shape index (κ2) is 12.5. The van der Waals surface area contributed by atoms with Crippen molar-refractivity contribution in [3.63, 3.8) is 0 Å². The molecule has 1 aromatic heterocycles. The lowest BCUT2D eigenvalue weighted by atomic mass is 10.1. The third kappa shape index (κ3) is 7.71. The van der Waals surface area contributed by atoms with Gasteiger partial charge < -0.3 is 4.74 Å². The van der Waals surface area contributed by atoms with E-state index in [0.717, 1.165) is 32.5 Å². The zero-order valence-corrected chi connectivity index (χ0v) is 19.6. The molecule has 0 spiro atoms. The van der Waals surface area contributed by atoms with E-state index in [1.54, 1.807) is 11.8 Å². The van der Waals surface area contributed by atoms with Crippen LogP contribution in [-0.4, -0.2) is 26.9 Å². The largest absolute Gasteiger partial charge is 0.460 e. The van der Waals surface area contributed by atoms with Crippen molar-refractivity contribution in [3.05, 3.63) is 72.6 Å². The van der Waals surface area contributed by atoms with Crippen LogP contribution in [0.4, 0.5) is 0 Å². The highest BCUT2D eigenvalue weighted by atomic mass is 32.2. The molecule has 0 amide bonds. The van der Waals surface area contributed by atoms with E-state index in [1.807, 2.05) is 73.9 Å². The summed E-state index contributed by atoms with van der Waals surface area (Å²) in [5.41, 5.74) is 3.04. The molecule has 0 aliphatic rings. The highest BCUT2D eigenvalue weighted by Crippen LogP contribution is 2.27. The average molecular weight is 453 g/mol. The fourth-order valence-electron chi connectivity index (χ4n) is 2.88. The molecular formula is C25H28N2O2S2. The molecule has 3 rings (SSSR count). The van der Waals surface area contributed by atoms with Gasteiger partial charge in [0.1, 0.15) is 11.9 Å². The van der Waals surface area contributed by atoms with Crippen molar-refractivity contribution in [2.75, 3.05) is 5.75 Å². The Morgan fingerprint density at radius 2 is 1.68 bits per heavy atom. The van der Waals surface area contributed by atoms with Crippen molar-refractivity contribution >= 4 is 29.5 Å². The maximum absolute atomic E-state index is 12.3. The molecule has 31 heavy (non-hydrogen) atoms. The molecule has 1 atom stereocenters. The van der Waals surface area contributed by atoms with Crippen LogP contribution in [-0.2, 0) is 16.1 Å². The van der Waals surface area contributed by atoms with Crippen molar-refractivity contribution in [3.8, 4) is 11.1 Å². The standard InChI is InChI=1S/C25H28N2O2S2/c1-3-4-8-15-30-25-26-16-22(17-27-25)21-11-13-23(14-12-21)31-19(2)24(28)29-18-20-9-6-5-7-10-20/h5-7,9-14,16-17,19H,3-4,8,15,18H2,1-2H3/t19-/m1/s1. The third-order valence-corrected chi connectivity index (χ3v) is 6.72. The number of hydrogen-bond donors (Lipinski definition) is 0. The maximum Gasteiger partial charge on any atom is 0.319 e. The van der Waals surface area contributed by atoms with Gasteiger partial charge in [-0.3, -0.25) is 4.79 Å². The molecule has 1 heterocycles. The lowest BCUT2D eigenvalue weighted by Crippen LogP contribution is -2.16. The van der Waals surface area contributed by atoms with Crippen molar-refractivity contribution in [2.45, 2.75) is 55.0 Å². The molecule has 0 N–H and O–H groups in total. The minimum atomic E-state index is -0.276. The summed E-state index contributed by atoms with van der Waals surface area (Å²) in [5.74, 6) is 0.851. The van der Waals surface area contributed by atoms with Crippen LogP contribution in [0.2, 0.25) is 0 Å². The van der Waals surface area contributed by atoms with Gasteiger partial charge in [-0.25, -0.2) is 9.97 Å². The monoisotopic (exact) mass is 452 g/mol. The molecule has 0 aliphatic heterocycles. The Balaban J connectivity index is 1.49. The van der Waals surface area contributed by atoms with Gasteiger partial charge in [0.25, 0.3) is 0 Å². The minimum Gasteiger partial charge on any atom is -0.460 e. The van der Waals surface area contributed by atoms with E-state index in [-0.39, 0.29) is 11.2 Å². The first-order valence-corrected chi connectivity index (χ1v) is 12.4. The van der Waals surface area contributed by atoms with Crippen LogP contribution in [0.15, 0.2) is 77.0 Å². The molecule has 0 fully saturated rings. The maximum atomic E-state index is 12.3. The number of ether oxygens (including phenoxy) is 1. The fourth-order valence-corrected chi connectivity index (χ4v) is 4.53. The first kappa shape index (κ1) is 23.4. The highest BCUT2D eigenvalue weighted by molar-refractivity contribution is 8.00. The number of unbranched alkanes of at least 4 members (excludes halogenated alkanes) is 2. The van der Waals surface area contributed by atoms with Gasteiger partial charge in [-0.1, -0.05) is 74.0 Å². The molecule has 0 saturated heterocycles. The number of esters is 1. The first-order chi connectivity index (χ1) is 15.2. The molecule has 0 aliphatic carbocycles. The Morgan fingerprint density at radius 1 is 0.968 bits per heavy atom. The minimum absolute atomic E-state index is 0.210. The van der Waals surface area contributed by atoms with Gasteiger partial charge in [0.15, 0.2) is 5.16 Å². The normalized spacial score (nSPS) is 11.8. The van der Waals surface area contributed by atoms with Crippen LogP contribution in [0.3, 0.4) is 0 Å². The van der Waals surface area contributed by atoms with E-state index in [2.05, 4.69) is 16.9 Å². The zero-order valence-electron chi connectivity index (χ0n) is 18.0. The summed E-state index contributed by atoms with van der Waals surface area (Å²) >= 11 is 3.21. The summed E-state index contributed by atoms with van der Waals surface area (Å²) < 4.78 is 5.43. The van der Waals surface area contributed by atoms with Crippen molar-refractivity contribution < 1.29 is 9.53 Å². The molecule has 0 unspecified atom stereocenters. The highest BCUT2D eigenvalue weighted by Gasteiger charge is 2.16. The Labute approximate surface area is 193 Å². The van der Waals surface area contributed by atoms with Crippen LogP contribution in [0.1, 0.15) is 38.7 Å². The number of carbonyl (C=O) groups is 1. The molecule has 162 valence electrons. The molecule has 4 nitrogen and oxygen atoms in total. The summed E-state index contributed by atoms with van der Waals surface area (Å²) in [6.07, 6.45) is 7.42. The van der Waals surface area contributed by atoms with Crippen LogP contribution >= 0.6 is 23.5 Å². The van der Waals surface area contributed by atoms with Gasteiger partial charge in [-0.15, -0.1) is 11.8 Å². The Bertz CT molecular complexity index is 932. The van der Waals surface area contributed by atoms with Crippen LogP contribution in [0.5, 0.6) is 0 Å². The van der Waals surface area contributed by atoms with E-state index < -0.39 is 0 Å². The van der Waals surface area contributed by atoms with E-state index in [1.165, 1.54) is 31.0 Å². The van der Waals surface area contributed by atoms with E-state index in [0.29, 0.717) is 6.61 Å². The number of nitrogens with zero attached hydrogens (tertiary/aromatic N) is 2. The molecule has 3 aromatic rings. The lowest BCUT2D eigenvalue weighted by Gasteiger charge is -2.12. The predicted octanol–water partition coefficient (Wildman–Crippen LogP) is 6.65. The number of carbonyl (C=O) groups excluding carboxylic acids is 1. The van der Waals surface area contributed by atoms with Crippen LogP contribution in [0.25, 0.3) is 11.1 Å². The molecular weight excluding hydrogens is 424 g/mol. The van der Waals surface area contributed by atoms with Gasteiger partial charge in [-0.05, 0) is 36.6 Å². The van der Waals surface area contributed by atoms with Crippen molar-refractivity contribution in [1.82, 2.24) is 9.97 Å². The molecule has 0 bridgehead atoms. The van der Waals surface area contributed by atoms with Gasteiger partial charge in [0, 0.05) is 28.6 Å². The number of rotatable bonds is 11. The SMILES string of the molecule is CCCCCSc1ncc(-c2ccc(S[C@H](C)C(=O)OCc3ccccc3)cc2)cn1. The third-order valence-electron chi connectivity index (χ3n) is 4.66. The number of aromatic nitrogens is 2. The molecule has 6 heteroatoms. The zero-order chi connectivity index (χ0) is 21.9. The lowest BCUT2D eigenvalue weighted by molar-refractivity contribution is -0.143. The molecule has 0 saturated carbocycles. The topological polar surface area (TPSA) is 52.1 Å². The van der Waals surface area contributed by atoms with E-state index in [9.17, 15) is 4.79 Å². The quantitative estimate of drug-likeness (QED) is 0.140. The molecule has 2 aromatic carbocycles. The average Bonchev–Trinajstić information content (AvgIpc) is 2.82. The predicted molar refractivity (Wildman–Crippen MR) is 129 cm³/mol. The second-order valence-corrected chi connectivity index (χ2v) is 9.66. The Kier molecular flexibility index (Phi) is 9.43. The smallest absolute Gasteiger partial charge is 0.319 e. The summed E-state index contributed by atoms with van der Waals surface area (Å²) in [6, 6.07) is 17.8. The molecule has 0 radical (unpaired) electrons. The Morgan fingerprint density at radius 3 is 2.35 bits per heavy atom. The van der Waals surface area contributed by atoms with Crippen molar-refractivity contribution in [2.24, 2.45) is 0 Å². The van der Waals surface area contributed by atoms with Crippen molar-refractivity contribution in [1.29, 1.82) is 0 Å². The number of benzene rings is 2. The Hall–Kier alpha value is -2.31. The van der Waals surface area contributed by atoms with Gasteiger partial charge in [0.05, 0.1) is 0 Å². The van der Waals surface area contributed by atoms with Crippen LogP contribution in [0, 0.1) is 0 Å².